The maximum Gasteiger partial charge on any atom is 0.322 e. The minimum absolute atomic E-state index is 0.252. The number of amides is 1. The van der Waals surface area contributed by atoms with Crippen molar-refractivity contribution in [2.75, 3.05) is 13.1 Å². The number of alkyl halides is 2. The smallest absolute Gasteiger partial charge is 0.322 e. The minimum atomic E-state index is -3.26. The van der Waals surface area contributed by atoms with Gasteiger partial charge in [-0.1, -0.05) is 22.0 Å². The Hall–Kier alpha value is -0.450. The topological polar surface area (TPSA) is 20.3 Å². The molecule has 0 atom stereocenters. The second-order valence-corrected chi connectivity index (χ2v) is 4.07. The Balaban J connectivity index is 2.65. The van der Waals surface area contributed by atoms with Crippen LogP contribution >= 0.6 is 15.9 Å². The normalized spacial score (nSPS) is 18.5. The summed E-state index contributed by atoms with van der Waals surface area (Å²) >= 11 is 3.19. The summed E-state index contributed by atoms with van der Waals surface area (Å²) in [6, 6.07) is 0. The van der Waals surface area contributed by atoms with E-state index in [1.807, 2.05) is 6.08 Å². The highest BCUT2D eigenvalue weighted by Gasteiger charge is 2.36. The maximum absolute atomic E-state index is 12.6. The second kappa shape index (κ2) is 3.74. The highest BCUT2D eigenvalue weighted by molar-refractivity contribution is 9.11. The van der Waals surface area contributed by atoms with Crippen LogP contribution in [0.25, 0.3) is 0 Å². The molecule has 0 radical (unpaired) electrons. The second-order valence-electron chi connectivity index (χ2n) is 3.05. The third kappa shape index (κ3) is 2.76. The van der Waals surface area contributed by atoms with Gasteiger partial charge >= 0.3 is 5.92 Å². The summed E-state index contributed by atoms with van der Waals surface area (Å²) < 4.78 is 26.0. The summed E-state index contributed by atoms with van der Waals surface area (Å²) in [4.78, 5) is 12.2. The molecule has 0 aromatic heterocycles. The molecule has 5 heteroatoms. The van der Waals surface area contributed by atoms with Gasteiger partial charge < -0.3 is 4.90 Å². The van der Waals surface area contributed by atoms with E-state index in [2.05, 4.69) is 15.9 Å². The molecule has 74 valence electrons. The Morgan fingerprint density at radius 1 is 1.69 bits per heavy atom. The van der Waals surface area contributed by atoms with Crippen molar-refractivity contribution >= 4 is 21.8 Å². The average Bonchev–Trinajstić information content (AvgIpc) is 2.01. The fourth-order valence-electron chi connectivity index (χ4n) is 1.15. The van der Waals surface area contributed by atoms with Crippen LogP contribution in [-0.4, -0.2) is 29.8 Å². The first-order chi connectivity index (χ1) is 5.91. The van der Waals surface area contributed by atoms with E-state index in [4.69, 9.17) is 0 Å². The average molecular weight is 254 g/mol. The lowest BCUT2D eigenvalue weighted by atomic mass is 10.2. The predicted molar refractivity (Wildman–Crippen MR) is 48.8 cm³/mol. The van der Waals surface area contributed by atoms with Crippen molar-refractivity contribution in [1.82, 2.24) is 4.90 Å². The van der Waals surface area contributed by atoms with Crippen LogP contribution in [-0.2, 0) is 4.79 Å². The van der Waals surface area contributed by atoms with Crippen LogP contribution in [0.1, 0.15) is 13.3 Å². The highest BCUT2D eigenvalue weighted by Crippen LogP contribution is 2.21. The molecule has 1 rings (SSSR count). The molecular formula is C8H10BrF2NO. The van der Waals surface area contributed by atoms with E-state index in [0.717, 1.165) is 9.38 Å². The van der Waals surface area contributed by atoms with Gasteiger partial charge in [0.15, 0.2) is 0 Å². The molecule has 0 aromatic rings. The van der Waals surface area contributed by atoms with Gasteiger partial charge in [0.25, 0.3) is 5.91 Å². The molecule has 1 aliphatic heterocycles. The van der Waals surface area contributed by atoms with Crippen molar-refractivity contribution in [1.29, 1.82) is 0 Å². The van der Waals surface area contributed by atoms with Gasteiger partial charge in [0, 0.05) is 18.0 Å². The Morgan fingerprint density at radius 2 is 2.31 bits per heavy atom. The molecule has 1 aliphatic rings. The van der Waals surface area contributed by atoms with Gasteiger partial charge in [-0.15, -0.1) is 0 Å². The van der Waals surface area contributed by atoms with Gasteiger partial charge in [-0.25, -0.2) is 0 Å². The SMILES string of the molecule is CC(F)(F)C(=O)N1CCC=C(Br)C1. The number of nitrogens with zero attached hydrogens (tertiary/aromatic N) is 1. The molecule has 0 saturated heterocycles. The molecule has 0 bridgehead atoms. The molecule has 0 unspecified atom stereocenters. The van der Waals surface area contributed by atoms with Crippen LogP contribution in [0.2, 0.25) is 0 Å². The van der Waals surface area contributed by atoms with Crippen molar-refractivity contribution in [2.24, 2.45) is 0 Å². The quantitative estimate of drug-likeness (QED) is 0.702. The van der Waals surface area contributed by atoms with Crippen molar-refractivity contribution in [3.05, 3.63) is 10.6 Å². The number of carbonyl (C=O) groups is 1. The molecule has 0 aliphatic carbocycles. The van der Waals surface area contributed by atoms with Crippen molar-refractivity contribution < 1.29 is 13.6 Å². The maximum atomic E-state index is 12.6. The first-order valence-corrected chi connectivity index (χ1v) is 4.72. The fourth-order valence-corrected chi connectivity index (χ4v) is 1.69. The van der Waals surface area contributed by atoms with Crippen molar-refractivity contribution in [3.8, 4) is 0 Å². The minimum Gasteiger partial charge on any atom is -0.332 e. The van der Waals surface area contributed by atoms with Crippen LogP contribution in [0, 0.1) is 0 Å². The van der Waals surface area contributed by atoms with Crippen LogP contribution in [0.15, 0.2) is 10.6 Å². The van der Waals surface area contributed by atoms with E-state index in [-0.39, 0.29) is 6.54 Å². The zero-order valence-corrected chi connectivity index (χ0v) is 8.77. The molecule has 0 aromatic carbocycles. The predicted octanol–water partition coefficient (Wildman–Crippen LogP) is 2.15. The molecule has 0 fully saturated rings. The van der Waals surface area contributed by atoms with Gasteiger partial charge in [-0.3, -0.25) is 4.79 Å². The van der Waals surface area contributed by atoms with Crippen LogP contribution in [0.4, 0.5) is 8.78 Å². The first-order valence-electron chi connectivity index (χ1n) is 3.93. The van der Waals surface area contributed by atoms with Crippen LogP contribution in [0.5, 0.6) is 0 Å². The molecule has 0 N–H and O–H groups in total. The molecule has 13 heavy (non-hydrogen) atoms. The van der Waals surface area contributed by atoms with Crippen LogP contribution in [0.3, 0.4) is 0 Å². The summed E-state index contributed by atoms with van der Waals surface area (Å²) in [6.07, 6.45) is 2.51. The van der Waals surface area contributed by atoms with E-state index in [1.165, 1.54) is 0 Å². The summed E-state index contributed by atoms with van der Waals surface area (Å²) in [5, 5.41) is 0. The van der Waals surface area contributed by atoms with Gasteiger partial charge in [-0.05, 0) is 6.42 Å². The van der Waals surface area contributed by atoms with Gasteiger partial charge in [0.05, 0.1) is 6.54 Å². The Labute approximate surface area is 83.7 Å². The van der Waals surface area contributed by atoms with E-state index in [1.54, 1.807) is 0 Å². The Kier molecular flexibility index (Phi) is 3.05. The van der Waals surface area contributed by atoms with Crippen LogP contribution < -0.4 is 0 Å². The molecule has 1 heterocycles. The lowest BCUT2D eigenvalue weighted by molar-refractivity contribution is -0.154. The van der Waals surface area contributed by atoms with Gasteiger partial charge in [-0.2, -0.15) is 8.78 Å². The number of carbonyl (C=O) groups excluding carboxylic acids is 1. The van der Waals surface area contributed by atoms with Crippen molar-refractivity contribution in [3.63, 3.8) is 0 Å². The van der Waals surface area contributed by atoms with Gasteiger partial charge in [0.2, 0.25) is 0 Å². The summed E-state index contributed by atoms with van der Waals surface area (Å²) in [5.74, 6) is -4.36. The number of hydrogen-bond acceptors (Lipinski definition) is 1. The molecule has 0 spiro atoms. The van der Waals surface area contributed by atoms with E-state index in [9.17, 15) is 13.6 Å². The van der Waals surface area contributed by atoms with Gasteiger partial charge in [0.1, 0.15) is 0 Å². The Morgan fingerprint density at radius 3 is 2.77 bits per heavy atom. The lowest BCUT2D eigenvalue weighted by Gasteiger charge is -2.27. The zero-order valence-electron chi connectivity index (χ0n) is 7.19. The summed E-state index contributed by atoms with van der Waals surface area (Å²) in [7, 11) is 0. The van der Waals surface area contributed by atoms with E-state index < -0.39 is 11.8 Å². The summed E-state index contributed by atoms with van der Waals surface area (Å²) in [6.45, 7) is 1.25. The third-order valence-corrected chi connectivity index (χ3v) is 2.34. The van der Waals surface area contributed by atoms with E-state index >= 15 is 0 Å². The molecule has 2 nitrogen and oxygen atoms in total. The number of hydrogen-bond donors (Lipinski definition) is 0. The number of rotatable bonds is 1. The number of halogens is 3. The van der Waals surface area contributed by atoms with E-state index in [0.29, 0.717) is 19.9 Å². The molecule has 1 amide bonds. The summed E-state index contributed by atoms with van der Waals surface area (Å²) in [5.41, 5.74) is 0. The monoisotopic (exact) mass is 253 g/mol. The zero-order chi connectivity index (χ0) is 10.1. The molecule has 0 saturated carbocycles. The largest absolute Gasteiger partial charge is 0.332 e. The third-order valence-electron chi connectivity index (χ3n) is 1.77. The van der Waals surface area contributed by atoms with Crippen molar-refractivity contribution in [2.45, 2.75) is 19.3 Å². The fraction of sp³-hybridized carbons (Fsp3) is 0.625. The lowest BCUT2D eigenvalue weighted by Crippen LogP contribution is -2.43. The standard InChI is InChI=1S/C8H10BrF2NO/c1-8(10,11)7(13)12-4-2-3-6(9)5-12/h3H,2,4-5H2,1H3. The highest BCUT2D eigenvalue weighted by atomic mass is 79.9. The first kappa shape index (κ1) is 10.6. The Bertz CT molecular complexity index is 247. The molecular weight excluding hydrogens is 244 g/mol.